The van der Waals surface area contributed by atoms with E-state index in [1.54, 1.807) is 0 Å². The van der Waals surface area contributed by atoms with Gasteiger partial charge in [0, 0.05) is 77.6 Å². The number of nitrogens with zero attached hydrogens (tertiary/aromatic N) is 4. The minimum atomic E-state index is -0.341. The summed E-state index contributed by atoms with van der Waals surface area (Å²) in [6.45, 7) is 29.3. The van der Waals surface area contributed by atoms with E-state index >= 15 is 0 Å². The van der Waals surface area contributed by atoms with E-state index in [2.05, 4.69) is 406 Å². The van der Waals surface area contributed by atoms with E-state index < -0.39 is 0 Å². The molecule has 6 nitrogen and oxygen atoms in total. The number of furan rings is 2. The predicted molar refractivity (Wildman–Crippen MR) is 523 cm³/mol. The Hall–Kier alpha value is -13.3. The zero-order valence-electron chi connectivity index (χ0n) is 72.5. The van der Waals surface area contributed by atoms with E-state index in [9.17, 15) is 0 Å². The number of hydrogen-bond acceptors (Lipinski definition) is 6. The van der Waals surface area contributed by atoms with Crippen LogP contribution in [0.25, 0.3) is 121 Å². The summed E-state index contributed by atoms with van der Waals surface area (Å²) in [7, 11) is 0. The van der Waals surface area contributed by atoms with Crippen LogP contribution >= 0.6 is 0 Å². The van der Waals surface area contributed by atoms with E-state index in [0.29, 0.717) is 0 Å². The maximum atomic E-state index is 7.77. The quantitative estimate of drug-likeness (QED) is 0.155. The molecule has 8 heterocycles. The molecule has 0 unspecified atom stereocenters. The van der Waals surface area contributed by atoms with Crippen LogP contribution in [0.3, 0.4) is 0 Å². The van der Waals surface area contributed by atoms with Crippen molar-refractivity contribution >= 4 is 147 Å². The zero-order valence-corrected chi connectivity index (χ0v) is 72.5. The van der Waals surface area contributed by atoms with Crippen molar-refractivity contribution in [3.05, 3.63) is 348 Å². The topological polar surface area (TPSA) is 39.2 Å². The molecule has 596 valence electrons. The third-order valence-electron chi connectivity index (χ3n) is 31.3. The van der Waals surface area contributed by atoms with Gasteiger partial charge in [-0.2, -0.15) is 0 Å². The third-order valence-corrected chi connectivity index (χ3v) is 31.3. The monoisotopic (exact) mass is 1600 g/mol. The summed E-state index contributed by atoms with van der Waals surface area (Å²) in [4.78, 5) is 10.7. The highest BCUT2D eigenvalue weighted by Gasteiger charge is 2.55. The molecule has 0 atom stereocenters. The second-order valence-corrected chi connectivity index (χ2v) is 40.7. The van der Waals surface area contributed by atoms with E-state index in [1.807, 2.05) is 0 Å². The lowest BCUT2D eigenvalue weighted by atomic mass is 9.42. The Morgan fingerprint density at radius 1 is 0.250 bits per heavy atom. The van der Waals surface area contributed by atoms with Crippen molar-refractivity contribution in [1.29, 1.82) is 0 Å². The predicted octanol–water partition coefficient (Wildman–Crippen LogP) is 28.7. The van der Waals surface area contributed by atoms with Gasteiger partial charge in [0.2, 0.25) is 0 Å². The lowest BCUT2D eigenvalue weighted by molar-refractivity contribution is 0.331. The highest BCUT2D eigenvalue weighted by molar-refractivity contribution is 6.95. The molecule has 0 saturated heterocycles. The molecule has 0 spiro atoms. The van der Waals surface area contributed by atoms with Crippen molar-refractivity contribution in [2.24, 2.45) is 0 Å². The molecule has 26 rings (SSSR count). The zero-order chi connectivity index (χ0) is 83.5. The number of rotatable bonds is 6. The maximum Gasteiger partial charge on any atom is 0.333 e. The van der Waals surface area contributed by atoms with Gasteiger partial charge in [-0.05, 0) is 271 Å². The smallest absolute Gasteiger partial charge is 0.333 e. The van der Waals surface area contributed by atoms with Crippen molar-refractivity contribution in [3.63, 3.8) is 0 Å². The lowest BCUT2D eigenvalue weighted by Gasteiger charge is -2.52. The van der Waals surface area contributed by atoms with Crippen LogP contribution in [0.5, 0.6) is 0 Å². The summed E-state index contributed by atoms with van der Waals surface area (Å²) >= 11 is 0. The fourth-order valence-electron chi connectivity index (χ4n) is 24.3. The van der Waals surface area contributed by atoms with Gasteiger partial charge in [-0.1, -0.05) is 295 Å². The molecule has 0 radical (unpaired) electrons. The molecule has 124 heavy (non-hydrogen) atoms. The number of para-hydroxylation sites is 3. The molecule has 8 aliphatic rings. The first-order valence-electron chi connectivity index (χ1n) is 44.9. The van der Waals surface area contributed by atoms with Crippen molar-refractivity contribution in [2.45, 2.75) is 141 Å². The van der Waals surface area contributed by atoms with Gasteiger partial charge in [-0.3, -0.25) is 0 Å². The first-order valence-corrected chi connectivity index (χ1v) is 44.9. The second-order valence-electron chi connectivity index (χ2n) is 40.7. The normalized spacial score (nSPS) is 17.2. The van der Waals surface area contributed by atoms with Crippen LogP contribution in [0.2, 0.25) is 0 Å². The Morgan fingerprint density at radius 3 is 1.20 bits per heavy atom. The van der Waals surface area contributed by atoms with Crippen LogP contribution in [0.4, 0.5) is 56.9 Å². The molecule has 6 aliphatic heterocycles. The maximum absolute atomic E-state index is 7.77. The van der Waals surface area contributed by atoms with Gasteiger partial charge in [-0.25, -0.2) is 0 Å². The number of benzene rings is 16. The van der Waals surface area contributed by atoms with Crippen LogP contribution < -0.4 is 41.3 Å². The van der Waals surface area contributed by atoms with Crippen LogP contribution in [0.1, 0.15) is 153 Å². The summed E-state index contributed by atoms with van der Waals surface area (Å²) in [5, 5.41) is 6.94. The molecule has 18 aromatic rings. The molecule has 0 N–H and O–H groups in total. The molecule has 2 aliphatic carbocycles. The molecule has 16 aromatic carbocycles. The van der Waals surface area contributed by atoms with Gasteiger partial charge >= 0.3 is 13.7 Å². The Kier molecular flexibility index (Phi) is 14.5. The Morgan fingerprint density at radius 2 is 0.645 bits per heavy atom. The van der Waals surface area contributed by atoms with Gasteiger partial charge in [0.05, 0.1) is 22.7 Å². The number of anilines is 10. The van der Waals surface area contributed by atoms with Crippen molar-refractivity contribution in [2.75, 3.05) is 19.4 Å². The molecule has 2 aromatic heterocycles. The number of fused-ring (bicyclic) bond motifs is 23. The van der Waals surface area contributed by atoms with Crippen LogP contribution in [-0.4, -0.2) is 13.7 Å². The summed E-state index contributed by atoms with van der Waals surface area (Å²) in [5.74, 6) is 0. The van der Waals surface area contributed by atoms with Crippen molar-refractivity contribution < 1.29 is 8.83 Å². The second kappa shape index (κ2) is 24.8. The Balaban J connectivity index is 0.638. The summed E-state index contributed by atoms with van der Waals surface area (Å²) in [6.07, 6.45) is 4.51. The summed E-state index contributed by atoms with van der Waals surface area (Å²) in [5.41, 5.74) is 45.4. The van der Waals surface area contributed by atoms with Crippen LogP contribution in [-0.2, 0) is 32.5 Å². The minimum absolute atomic E-state index is 0.0171. The first kappa shape index (κ1) is 72.4. The van der Waals surface area contributed by atoms with Gasteiger partial charge in [-0.15, -0.1) is 0 Å². The van der Waals surface area contributed by atoms with E-state index in [0.717, 1.165) is 109 Å². The molecule has 0 bridgehead atoms. The van der Waals surface area contributed by atoms with Crippen molar-refractivity contribution in [3.8, 4) is 66.8 Å². The van der Waals surface area contributed by atoms with Gasteiger partial charge in [0.25, 0.3) is 0 Å². The van der Waals surface area contributed by atoms with Crippen LogP contribution in [0.15, 0.2) is 312 Å². The number of hydrogen-bond donors (Lipinski definition) is 0. The average Bonchev–Trinajstić information content (AvgIpc) is 1.19. The first-order chi connectivity index (χ1) is 60.0. The highest BCUT2D eigenvalue weighted by atomic mass is 16.3. The largest absolute Gasteiger partial charge is 0.454 e. The molecule has 8 heteroatoms. The molecule has 0 fully saturated rings. The molecule has 0 saturated carbocycles. The fourth-order valence-corrected chi connectivity index (χ4v) is 24.3. The van der Waals surface area contributed by atoms with Crippen molar-refractivity contribution in [1.82, 2.24) is 0 Å². The van der Waals surface area contributed by atoms with Gasteiger partial charge < -0.3 is 28.3 Å². The van der Waals surface area contributed by atoms with Crippen LogP contribution in [0, 0.1) is 0 Å². The SMILES string of the molecule is CC1(C)CCC(C)(C)c2cc3c(cc21)-c1cc2c(oc4ccc(-c5ccc(-c6ccc(N7B8c9cccc%10c9N(c9cc%11ccccc%11cc9C%10(C)C)c9c8c(cc8c9oc9ccccc98)-c8ccc(-c9ccccc9)cc87)cc6)cc5)cc42)c2c1B(c1cccc4c1N2c1cc2c(cc1C4(C)C)C(C)(C)CCC2(C)C)N3c1ccc(-c2ccccc2)cc1. The molecular weight excluding hydrogens is 1500 g/mol. The standard InChI is InChI=1S/C116H94B2N4O2/c1-111(2)53-55-113(5,6)91-65-98-81(63-89(91)111)84-62-86-82-57-75(46-52-102(82)124-110(86)108-104(84)118(122(98)78-47-41-70(42-48-78)67-25-15-13-16-26-67)96-35-24-33-88-106(96)120(108)100-66-92-90(64-94(100)116(88,11)12)112(3,4)54-56-114(92,7)8)72-39-37-69(38-40-72)71-43-49-77(50-44-71)121-97-59-76(68-27-17-14-18-28-68)45-51-79(97)83-61-85-80-31-21-22-36-101(80)123-109(85)107-103(83)117(121)95-34-23-32-87-105(95)119(107)99-60-74-30-20-19-29-73(74)58-93(99)115(87,9)10/h13-52,57-66H,53-56H2,1-12H3. The molecular formula is C116H94B2N4O2. The fraction of sp³-hybridized carbons (Fsp3) is 0.190. The summed E-state index contributed by atoms with van der Waals surface area (Å²) in [6, 6.07) is 117. The van der Waals surface area contributed by atoms with E-state index in [1.165, 1.54) is 161 Å². The van der Waals surface area contributed by atoms with E-state index in [4.69, 9.17) is 8.83 Å². The Labute approximate surface area is 726 Å². The van der Waals surface area contributed by atoms with E-state index in [-0.39, 0.29) is 46.2 Å². The summed E-state index contributed by atoms with van der Waals surface area (Å²) < 4.78 is 15.1. The molecule has 0 amide bonds. The Bertz CT molecular complexity index is 7750. The lowest BCUT2D eigenvalue weighted by Crippen LogP contribution is -2.62. The third kappa shape index (κ3) is 9.80. The van der Waals surface area contributed by atoms with Gasteiger partial charge in [0.1, 0.15) is 11.2 Å². The van der Waals surface area contributed by atoms with Gasteiger partial charge in [0.15, 0.2) is 11.2 Å². The average molecular weight is 1600 g/mol. The highest BCUT2D eigenvalue weighted by Crippen LogP contribution is 2.63. The minimum Gasteiger partial charge on any atom is -0.454 e.